The second-order valence-corrected chi connectivity index (χ2v) is 7.37. The molecule has 0 aliphatic carbocycles. The highest BCUT2D eigenvalue weighted by atomic mass is 19.1. The summed E-state index contributed by atoms with van der Waals surface area (Å²) >= 11 is 0. The largest absolute Gasteiger partial charge is 0.476 e. The molecule has 28 heavy (non-hydrogen) atoms. The standard InChI is InChI=1S/C22H21F2N3O/c1-13(2)6-14(3)12-28-22-15(10-25)7-16(11-27-22)18-4-5-26-20-9-17(23)8-19(24)21(18)20/h4-5,7-9,11,13-14H,6,12H2,1-3H3. The van der Waals surface area contributed by atoms with E-state index in [1.807, 2.05) is 0 Å². The number of halogens is 2. The smallest absolute Gasteiger partial charge is 0.231 e. The number of nitriles is 1. The van der Waals surface area contributed by atoms with Crippen molar-refractivity contribution < 1.29 is 13.5 Å². The zero-order valence-corrected chi connectivity index (χ0v) is 16.0. The number of aromatic nitrogens is 2. The third-order valence-electron chi connectivity index (χ3n) is 4.42. The van der Waals surface area contributed by atoms with Crippen LogP contribution < -0.4 is 4.74 Å². The van der Waals surface area contributed by atoms with Gasteiger partial charge in [-0.3, -0.25) is 4.98 Å². The van der Waals surface area contributed by atoms with Gasteiger partial charge in [-0.1, -0.05) is 20.8 Å². The van der Waals surface area contributed by atoms with E-state index < -0.39 is 11.6 Å². The van der Waals surface area contributed by atoms with Crippen molar-refractivity contribution in [3.05, 3.63) is 53.9 Å². The van der Waals surface area contributed by atoms with Gasteiger partial charge in [0.05, 0.1) is 12.1 Å². The van der Waals surface area contributed by atoms with Gasteiger partial charge in [-0.05, 0) is 36.0 Å². The Hall–Kier alpha value is -3.07. The predicted molar refractivity (Wildman–Crippen MR) is 104 cm³/mol. The first-order valence-electron chi connectivity index (χ1n) is 9.16. The van der Waals surface area contributed by atoms with E-state index in [9.17, 15) is 14.0 Å². The number of benzene rings is 1. The number of ether oxygens (including phenoxy) is 1. The van der Waals surface area contributed by atoms with Crippen molar-refractivity contribution in [1.29, 1.82) is 5.26 Å². The molecule has 144 valence electrons. The van der Waals surface area contributed by atoms with E-state index in [2.05, 4.69) is 36.8 Å². The van der Waals surface area contributed by atoms with Gasteiger partial charge in [0.1, 0.15) is 23.3 Å². The molecule has 4 nitrogen and oxygen atoms in total. The van der Waals surface area contributed by atoms with Gasteiger partial charge in [0.25, 0.3) is 0 Å². The zero-order chi connectivity index (χ0) is 20.3. The quantitative estimate of drug-likeness (QED) is 0.565. The fourth-order valence-electron chi connectivity index (χ4n) is 3.33. The summed E-state index contributed by atoms with van der Waals surface area (Å²) in [5.41, 5.74) is 1.50. The Morgan fingerprint density at radius 1 is 1.14 bits per heavy atom. The third-order valence-corrected chi connectivity index (χ3v) is 4.42. The van der Waals surface area contributed by atoms with Crippen LogP contribution in [0.25, 0.3) is 22.0 Å². The Labute approximate surface area is 162 Å². The highest BCUT2D eigenvalue weighted by Crippen LogP contribution is 2.31. The van der Waals surface area contributed by atoms with E-state index in [-0.39, 0.29) is 22.3 Å². The monoisotopic (exact) mass is 381 g/mol. The van der Waals surface area contributed by atoms with E-state index in [4.69, 9.17) is 4.74 Å². The van der Waals surface area contributed by atoms with Crippen molar-refractivity contribution >= 4 is 10.9 Å². The van der Waals surface area contributed by atoms with Crippen LogP contribution in [-0.4, -0.2) is 16.6 Å². The fraction of sp³-hybridized carbons (Fsp3) is 0.318. The van der Waals surface area contributed by atoms with Gasteiger partial charge < -0.3 is 4.74 Å². The van der Waals surface area contributed by atoms with Gasteiger partial charge >= 0.3 is 0 Å². The maximum atomic E-state index is 14.4. The van der Waals surface area contributed by atoms with Gasteiger partial charge in [0, 0.05) is 35.5 Å². The summed E-state index contributed by atoms with van der Waals surface area (Å²) < 4.78 is 33.6. The maximum Gasteiger partial charge on any atom is 0.231 e. The topological polar surface area (TPSA) is 58.8 Å². The first kappa shape index (κ1) is 19.7. The highest BCUT2D eigenvalue weighted by molar-refractivity contribution is 5.94. The second kappa shape index (κ2) is 8.30. The summed E-state index contributed by atoms with van der Waals surface area (Å²) in [4.78, 5) is 8.30. The first-order chi connectivity index (χ1) is 13.4. The normalized spacial score (nSPS) is 12.2. The van der Waals surface area contributed by atoms with Crippen LogP contribution in [0, 0.1) is 34.8 Å². The number of rotatable bonds is 6. The molecule has 0 radical (unpaired) electrons. The van der Waals surface area contributed by atoms with E-state index >= 15 is 0 Å². The molecule has 0 bridgehead atoms. The Bertz CT molecular complexity index is 1040. The number of hydrogen-bond donors (Lipinski definition) is 0. The van der Waals surface area contributed by atoms with Crippen molar-refractivity contribution in [3.63, 3.8) is 0 Å². The van der Waals surface area contributed by atoms with Crippen molar-refractivity contribution in [2.45, 2.75) is 27.2 Å². The van der Waals surface area contributed by atoms with E-state index in [0.717, 1.165) is 12.5 Å². The van der Waals surface area contributed by atoms with Gasteiger partial charge in [-0.15, -0.1) is 0 Å². The molecule has 0 aliphatic rings. The zero-order valence-electron chi connectivity index (χ0n) is 16.0. The van der Waals surface area contributed by atoms with Crippen molar-refractivity contribution in [3.8, 4) is 23.1 Å². The summed E-state index contributed by atoms with van der Waals surface area (Å²) in [6.45, 7) is 6.85. The SMILES string of the molecule is CC(C)CC(C)COc1ncc(-c2ccnc3cc(F)cc(F)c23)cc1C#N. The average molecular weight is 381 g/mol. The molecule has 0 N–H and O–H groups in total. The second-order valence-electron chi connectivity index (χ2n) is 7.37. The third kappa shape index (κ3) is 4.25. The van der Waals surface area contributed by atoms with Crippen LogP contribution in [0.3, 0.4) is 0 Å². The molecule has 0 aliphatic heterocycles. The minimum absolute atomic E-state index is 0.189. The summed E-state index contributed by atoms with van der Waals surface area (Å²) in [6.07, 6.45) is 4.01. The molecule has 1 unspecified atom stereocenters. The lowest BCUT2D eigenvalue weighted by Gasteiger charge is -2.15. The minimum atomic E-state index is -0.709. The molecule has 2 heterocycles. The van der Waals surface area contributed by atoms with E-state index in [1.165, 1.54) is 18.5 Å². The van der Waals surface area contributed by atoms with E-state index in [1.54, 1.807) is 12.1 Å². The molecular formula is C22H21F2N3O. The first-order valence-corrected chi connectivity index (χ1v) is 9.16. The predicted octanol–water partition coefficient (Wildman–Crippen LogP) is 5.51. The minimum Gasteiger partial charge on any atom is -0.476 e. The van der Waals surface area contributed by atoms with Gasteiger partial charge in [0.2, 0.25) is 5.88 Å². The lowest BCUT2D eigenvalue weighted by atomic mass is 10.00. The average Bonchev–Trinajstić information content (AvgIpc) is 2.65. The number of pyridine rings is 2. The summed E-state index contributed by atoms with van der Waals surface area (Å²) in [7, 11) is 0. The number of nitrogens with zero attached hydrogens (tertiary/aromatic N) is 3. The van der Waals surface area contributed by atoms with Crippen LogP contribution in [0.15, 0.2) is 36.7 Å². The van der Waals surface area contributed by atoms with Crippen LogP contribution >= 0.6 is 0 Å². The highest BCUT2D eigenvalue weighted by Gasteiger charge is 2.15. The Balaban J connectivity index is 1.95. The van der Waals surface area contributed by atoms with Gasteiger partial charge in [0.15, 0.2) is 0 Å². The lowest BCUT2D eigenvalue weighted by molar-refractivity contribution is 0.231. The van der Waals surface area contributed by atoms with Crippen molar-refractivity contribution in [1.82, 2.24) is 9.97 Å². The molecule has 0 saturated heterocycles. The Morgan fingerprint density at radius 3 is 2.64 bits per heavy atom. The van der Waals surface area contributed by atoms with Gasteiger partial charge in [-0.2, -0.15) is 5.26 Å². The molecule has 0 amide bonds. The van der Waals surface area contributed by atoms with Crippen molar-refractivity contribution in [2.24, 2.45) is 11.8 Å². The number of fused-ring (bicyclic) bond motifs is 1. The molecule has 3 rings (SSSR count). The van der Waals surface area contributed by atoms with Crippen LogP contribution in [0.2, 0.25) is 0 Å². The molecule has 0 saturated carbocycles. The molecule has 2 aromatic heterocycles. The molecule has 1 atom stereocenters. The summed E-state index contributed by atoms with van der Waals surface area (Å²) in [5, 5.41) is 9.69. The fourth-order valence-corrected chi connectivity index (χ4v) is 3.33. The van der Waals surface area contributed by atoms with Crippen LogP contribution in [-0.2, 0) is 0 Å². The number of hydrogen-bond acceptors (Lipinski definition) is 4. The van der Waals surface area contributed by atoms with Crippen LogP contribution in [0.1, 0.15) is 32.8 Å². The molecular weight excluding hydrogens is 360 g/mol. The Morgan fingerprint density at radius 2 is 1.93 bits per heavy atom. The lowest BCUT2D eigenvalue weighted by Crippen LogP contribution is -2.12. The maximum absolute atomic E-state index is 14.4. The summed E-state index contributed by atoms with van der Waals surface area (Å²) in [5.74, 6) is -0.249. The Kier molecular flexibility index (Phi) is 5.84. The summed E-state index contributed by atoms with van der Waals surface area (Å²) in [6, 6.07) is 7.30. The molecule has 3 aromatic rings. The van der Waals surface area contributed by atoms with Gasteiger partial charge in [-0.25, -0.2) is 13.8 Å². The molecule has 1 aromatic carbocycles. The van der Waals surface area contributed by atoms with Crippen LogP contribution in [0.5, 0.6) is 5.88 Å². The van der Waals surface area contributed by atoms with Crippen LogP contribution in [0.4, 0.5) is 8.78 Å². The van der Waals surface area contributed by atoms with E-state index in [0.29, 0.717) is 29.6 Å². The van der Waals surface area contributed by atoms with Crippen molar-refractivity contribution in [2.75, 3.05) is 6.61 Å². The molecule has 6 heteroatoms. The molecule has 0 spiro atoms. The molecule has 0 fully saturated rings.